The van der Waals surface area contributed by atoms with Crippen molar-refractivity contribution >= 4 is 29.0 Å². The average Bonchev–Trinajstić information content (AvgIpc) is 2.43. The normalized spacial score (nSPS) is 11.0. The van der Waals surface area contributed by atoms with Gasteiger partial charge in [-0.25, -0.2) is 4.79 Å². The number of hydrogen-bond acceptors (Lipinski definition) is 4. The molecule has 1 aromatic rings. The van der Waals surface area contributed by atoms with Crippen molar-refractivity contribution in [3.05, 3.63) is 27.8 Å². The Balaban J connectivity index is 3.30. The van der Waals surface area contributed by atoms with E-state index >= 15 is 0 Å². The molecular formula is C14H20ClN3O4. The van der Waals surface area contributed by atoms with Gasteiger partial charge < -0.3 is 15.4 Å². The summed E-state index contributed by atoms with van der Waals surface area (Å²) in [5, 5.41) is 16.3. The van der Waals surface area contributed by atoms with E-state index in [0.717, 1.165) is 0 Å². The molecule has 0 aliphatic rings. The largest absolute Gasteiger partial charge is 0.489 e. The van der Waals surface area contributed by atoms with Gasteiger partial charge in [0.2, 0.25) is 5.75 Å². The van der Waals surface area contributed by atoms with Gasteiger partial charge in [0.05, 0.1) is 17.7 Å². The van der Waals surface area contributed by atoms with Crippen molar-refractivity contribution in [2.45, 2.75) is 26.2 Å². The summed E-state index contributed by atoms with van der Waals surface area (Å²) in [7, 11) is 1.32. The summed E-state index contributed by atoms with van der Waals surface area (Å²) in [5.74, 6) is 0.284. The highest BCUT2D eigenvalue weighted by atomic mass is 35.5. The van der Waals surface area contributed by atoms with Crippen LogP contribution in [0.2, 0.25) is 0 Å². The zero-order chi connectivity index (χ0) is 16.9. The Labute approximate surface area is 134 Å². The SMILES string of the molecule is COc1c(NC(=O)NCCCl)cc(C(C)(C)C)cc1[N+](=O)[O-]. The molecule has 22 heavy (non-hydrogen) atoms. The van der Waals surface area contributed by atoms with Crippen molar-refractivity contribution in [2.75, 3.05) is 24.9 Å². The Morgan fingerprint density at radius 3 is 2.50 bits per heavy atom. The van der Waals surface area contributed by atoms with E-state index in [-0.39, 0.29) is 35.0 Å². The lowest BCUT2D eigenvalue weighted by Gasteiger charge is -2.21. The number of carbonyl (C=O) groups is 1. The van der Waals surface area contributed by atoms with E-state index in [0.29, 0.717) is 5.56 Å². The molecule has 0 aliphatic heterocycles. The molecule has 0 heterocycles. The van der Waals surface area contributed by atoms with Crippen molar-refractivity contribution in [2.24, 2.45) is 0 Å². The van der Waals surface area contributed by atoms with Crippen LogP contribution in [0.1, 0.15) is 26.3 Å². The van der Waals surface area contributed by atoms with E-state index in [1.807, 2.05) is 20.8 Å². The van der Waals surface area contributed by atoms with Crippen LogP contribution in [0.3, 0.4) is 0 Å². The number of nitro benzene ring substituents is 1. The van der Waals surface area contributed by atoms with Crippen LogP contribution in [0.4, 0.5) is 16.2 Å². The Hall–Kier alpha value is -2.02. The van der Waals surface area contributed by atoms with Crippen LogP contribution < -0.4 is 15.4 Å². The van der Waals surface area contributed by atoms with Crippen LogP contribution >= 0.6 is 11.6 Å². The quantitative estimate of drug-likeness (QED) is 0.492. The number of anilines is 1. The smallest absolute Gasteiger partial charge is 0.319 e. The molecule has 7 nitrogen and oxygen atoms in total. The number of amides is 2. The maximum absolute atomic E-state index is 11.8. The predicted octanol–water partition coefficient (Wildman–Crippen LogP) is 3.26. The molecule has 1 rings (SSSR count). The van der Waals surface area contributed by atoms with E-state index in [4.69, 9.17) is 16.3 Å². The number of rotatable bonds is 5. The Morgan fingerprint density at radius 1 is 1.41 bits per heavy atom. The number of nitrogens with zero attached hydrogens (tertiary/aromatic N) is 1. The molecule has 2 N–H and O–H groups in total. The highest BCUT2D eigenvalue weighted by molar-refractivity contribution is 6.18. The number of ether oxygens (including phenoxy) is 1. The van der Waals surface area contributed by atoms with Gasteiger partial charge in [0.25, 0.3) is 0 Å². The molecule has 0 fully saturated rings. The van der Waals surface area contributed by atoms with Crippen molar-refractivity contribution in [3.63, 3.8) is 0 Å². The second-order valence-corrected chi connectivity index (χ2v) is 6.03. The highest BCUT2D eigenvalue weighted by Crippen LogP contribution is 2.39. The summed E-state index contributed by atoms with van der Waals surface area (Å²) in [4.78, 5) is 22.5. The van der Waals surface area contributed by atoms with Gasteiger partial charge in [-0.1, -0.05) is 20.8 Å². The number of alkyl halides is 1. The van der Waals surface area contributed by atoms with E-state index in [1.54, 1.807) is 6.07 Å². The summed E-state index contributed by atoms with van der Waals surface area (Å²) < 4.78 is 5.10. The van der Waals surface area contributed by atoms with Gasteiger partial charge in [0.15, 0.2) is 0 Å². The first-order chi connectivity index (χ1) is 10.2. The zero-order valence-corrected chi connectivity index (χ0v) is 13.8. The van der Waals surface area contributed by atoms with Crippen molar-refractivity contribution < 1.29 is 14.5 Å². The van der Waals surface area contributed by atoms with Crippen LogP contribution in [-0.4, -0.2) is 30.5 Å². The minimum absolute atomic E-state index is 0.0130. The molecule has 0 radical (unpaired) electrons. The Bertz CT molecular complexity index is 570. The van der Waals surface area contributed by atoms with Gasteiger partial charge >= 0.3 is 11.7 Å². The molecule has 0 spiro atoms. The lowest BCUT2D eigenvalue weighted by Crippen LogP contribution is -2.30. The Morgan fingerprint density at radius 2 is 2.05 bits per heavy atom. The van der Waals surface area contributed by atoms with Gasteiger partial charge in [-0.3, -0.25) is 10.1 Å². The Kier molecular flexibility index (Phi) is 5.99. The highest BCUT2D eigenvalue weighted by Gasteiger charge is 2.26. The van der Waals surface area contributed by atoms with Gasteiger partial charge in [0.1, 0.15) is 0 Å². The molecule has 0 bridgehead atoms. The van der Waals surface area contributed by atoms with Crippen molar-refractivity contribution in [3.8, 4) is 5.75 Å². The molecule has 8 heteroatoms. The van der Waals surface area contributed by atoms with Crippen molar-refractivity contribution in [1.82, 2.24) is 5.32 Å². The summed E-state index contributed by atoms with van der Waals surface area (Å²) in [5.41, 5.74) is 0.448. The van der Waals surface area contributed by atoms with Crippen LogP contribution in [0.25, 0.3) is 0 Å². The number of carbonyl (C=O) groups excluding carboxylic acids is 1. The number of benzene rings is 1. The zero-order valence-electron chi connectivity index (χ0n) is 13.0. The van der Waals surface area contributed by atoms with Crippen LogP contribution in [-0.2, 0) is 5.41 Å². The van der Waals surface area contributed by atoms with Crippen LogP contribution in [0.15, 0.2) is 12.1 Å². The molecule has 0 atom stereocenters. The number of halogens is 1. The molecule has 0 aromatic heterocycles. The van der Waals surface area contributed by atoms with E-state index < -0.39 is 11.0 Å². The van der Waals surface area contributed by atoms with Gasteiger partial charge in [-0.2, -0.15) is 0 Å². The summed E-state index contributed by atoms with van der Waals surface area (Å²) >= 11 is 5.50. The third-order valence-electron chi connectivity index (χ3n) is 2.96. The fourth-order valence-corrected chi connectivity index (χ4v) is 1.91. The molecule has 0 saturated carbocycles. The molecule has 0 unspecified atom stereocenters. The number of nitrogens with one attached hydrogen (secondary N) is 2. The fraction of sp³-hybridized carbons (Fsp3) is 0.500. The predicted molar refractivity (Wildman–Crippen MR) is 86.1 cm³/mol. The third-order valence-corrected chi connectivity index (χ3v) is 3.15. The molecular weight excluding hydrogens is 310 g/mol. The van der Waals surface area contributed by atoms with Crippen LogP contribution in [0.5, 0.6) is 5.75 Å². The minimum Gasteiger partial charge on any atom is -0.489 e. The number of nitro groups is 1. The molecule has 0 saturated heterocycles. The number of urea groups is 1. The first kappa shape index (κ1) is 18.0. The van der Waals surface area contributed by atoms with Gasteiger partial charge in [-0.05, 0) is 17.0 Å². The average molecular weight is 330 g/mol. The minimum atomic E-state index is -0.532. The molecule has 1 aromatic carbocycles. The van der Waals surface area contributed by atoms with E-state index in [2.05, 4.69) is 10.6 Å². The first-order valence-corrected chi connectivity index (χ1v) is 7.22. The van der Waals surface area contributed by atoms with Crippen LogP contribution in [0, 0.1) is 10.1 Å². The van der Waals surface area contributed by atoms with Gasteiger partial charge in [-0.15, -0.1) is 11.6 Å². The maximum Gasteiger partial charge on any atom is 0.319 e. The summed E-state index contributed by atoms with van der Waals surface area (Å²) in [6.45, 7) is 6.07. The lowest BCUT2D eigenvalue weighted by atomic mass is 9.86. The first-order valence-electron chi connectivity index (χ1n) is 6.68. The van der Waals surface area contributed by atoms with Gasteiger partial charge in [0, 0.05) is 18.5 Å². The monoisotopic (exact) mass is 329 g/mol. The topological polar surface area (TPSA) is 93.5 Å². The maximum atomic E-state index is 11.8. The second kappa shape index (κ2) is 7.31. The van der Waals surface area contributed by atoms with E-state index in [9.17, 15) is 14.9 Å². The summed E-state index contributed by atoms with van der Waals surface area (Å²) in [6, 6.07) is 2.63. The standard InChI is InChI=1S/C14H20ClN3O4/c1-14(2,3)9-7-10(17-13(19)16-6-5-15)12(22-4)11(8-9)18(20)21/h7-8H,5-6H2,1-4H3,(H2,16,17,19). The third kappa shape index (κ3) is 4.49. The molecule has 2 amide bonds. The molecule has 122 valence electrons. The number of hydrogen-bond donors (Lipinski definition) is 2. The fourth-order valence-electron chi connectivity index (χ4n) is 1.82. The van der Waals surface area contributed by atoms with Crippen molar-refractivity contribution in [1.29, 1.82) is 0 Å². The van der Waals surface area contributed by atoms with E-state index in [1.165, 1.54) is 13.2 Å². The lowest BCUT2D eigenvalue weighted by molar-refractivity contribution is -0.385. The summed E-state index contributed by atoms with van der Waals surface area (Å²) in [6.07, 6.45) is 0. The molecule has 0 aliphatic carbocycles. The second-order valence-electron chi connectivity index (χ2n) is 5.65. The number of methoxy groups -OCH3 is 1.